The van der Waals surface area contributed by atoms with E-state index in [1.165, 1.54) is 19.3 Å². The van der Waals surface area contributed by atoms with Crippen molar-refractivity contribution in [3.05, 3.63) is 12.7 Å². The Hall–Kier alpha value is -0.990. The highest BCUT2D eigenvalue weighted by Gasteiger charge is 2.29. The minimum atomic E-state index is -0.680. The summed E-state index contributed by atoms with van der Waals surface area (Å²) < 4.78 is 5.12. The van der Waals surface area contributed by atoms with Crippen LogP contribution in [0.2, 0.25) is 0 Å². The molecular weight excluding hydrogens is 202 g/mol. The minimum absolute atomic E-state index is 0.445. The van der Waals surface area contributed by atoms with Crippen LogP contribution in [-0.2, 0) is 4.74 Å². The molecule has 1 amide bonds. The van der Waals surface area contributed by atoms with E-state index in [1.54, 1.807) is 0 Å². The fourth-order valence-corrected chi connectivity index (χ4v) is 2.74. The van der Waals surface area contributed by atoms with Gasteiger partial charge in [0.25, 0.3) is 0 Å². The Morgan fingerprint density at radius 3 is 2.81 bits per heavy atom. The van der Waals surface area contributed by atoms with E-state index in [0.717, 1.165) is 12.8 Å². The van der Waals surface area contributed by atoms with Gasteiger partial charge >= 0.3 is 6.09 Å². The molecule has 16 heavy (non-hydrogen) atoms. The van der Waals surface area contributed by atoms with Crippen LogP contribution in [0, 0.1) is 11.8 Å². The van der Waals surface area contributed by atoms with E-state index in [9.17, 15) is 4.79 Å². The number of ether oxygens (including phenoxy) is 1. The van der Waals surface area contributed by atoms with Gasteiger partial charge in [-0.25, -0.2) is 4.79 Å². The van der Waals surface area contributed by atoms with Gasteiger partial charge in [-0.15, -0.1) is 6.58 Å². The Morgan fingerprint density at radius 1 is 1.56 bits per heavy atom. The zero-order chi connectivity index (χ0) is 12.2. The summed E-state index contributed by atoms with van der Waals surface area (Å²) in [4.78, 5) is 10.8. The molecule has 2 unspecified atom stereocenters. The lowest BCUT2D eigenvalue weighted by molar-refractivity contribution is 0.0201. The molecule has 0 heterocycles. The number of amides is 1. The van der Waals surface area contributed by atoms with Crippen LogP contribution in [0.4, 0.5) is 4.79 Å². The zero-order valence-electron chi connectivity index (χ0n) is 10.4. The predicted octanol–water partition coefficient (Wildman–Crippen LogP) is 3.24. The molecule has 1 fully saturated rings. The van der Waals surface area contributed by atoms with E-state index < -0.39 is 11.7 Å². The number of hydrogen-bond donors (Lipinski definition) is 1. The van der Waals surface area contributed by atoms with Crippen LogP contribution in [0.25, 0.3) is 0 Å². The van der Waals surface area contributed by atoms with Gasteiger partial charge in [-0.2, -0.15) is 0 Å². The second kappa shape index (κ2) is 5.37. The Kier molecular flexibility index (Phi) is 4.39. The normalized spacial score (nSPS) is 26.1. The number of primary amides is 1. The third-order valence-electron chi connectivity index (χ3n) is 3.31. The third kappa shape index (κ3) is 4.25. The number of nitrogens with two attached hydrogens (primary N) is 1. The smallest absolute Gasteiger partial charge is 0.405 e. The molecule has 1 saturated carbocycles. The van der Waals surface area contributed by atoms with Gasteiger partial charge in [0.2, 0.25) is 0 Å². The molecule has 2 atom stereocenters. The van der Waals surface area contributed by atoms with Gasteiger partial charge in [0, 0.05) is 0 Å². The molecule has 0 aromatic rings. The van der Waals surface area contributed by atoms with Crippen LogP contribution in [0.5, 0.6) is 0 Å². The van der Waals surface area contributed by atoms with E-state index in [-0.39, 0.29) is 0 Å². The number of rotatable bonds is 4. The van der Waals surface area contributed by atoms with Gasteiger partial charge in [-0.1, -0.05) is 18.9 Å². The molecule has 3 heteroatoms. The third-order valence-corrected chi connectivity index (χ3v) is 3.31. The summed E-state index contributed by atoms with van der Waals surface area (Å²) in [6.45, 7) is 7.71. The van der Waals surface area contributed by atoms with Gasteiger partial charge in [0.05, 0.1) is 0 Å². The van der Waals surface area contributed by atoms with Crippen molar-refractivity contribution in [1.82, 2.24) is 0 Å². The maximum absolute atomic E-state index is 10.8. The SMILES string of the molecule is C=CC1CCCC(CC(C)(C)OC(N)=O)C1. The van der Waals surface area contributed by atoms with Crippen LogP contribution in [0.1, 0.15) is 46.0 Å². The number of hydrogen-bond acceptors (Lipinski definition) is 2. The molecule has 0 radical (unpaired) electrons. The summed E-state index contributed by atoms with van der Waals surface area (Å²) in [6.07, 6.45) is 7.13. The average molecular weight is 225 g/mol. The standard InChI is InChI=1S/C13H23NO2/c1-4-10-6-5-7-11(8-10)9-13(2,3)16-12(14)15/h4,10-11H,1,5-9H2,2-3H3,(H2,14,15). The molecule has 3 nitrogen and oxygen atoms in total. The first kappa shape index (κ1) is 13.1. The van der Waals surface area contributed by atoms with E-state index in [2.05, 4.69) is 6.58 Å². The summed E-state index contributed by atoms with van der Waals surface area (Å²) in [6, 6.07) is 0. The van der Waals surface area contributed by atoms with E-state index in [0.29, 0.717) is 11.8 Å². The minimum Gasteiger partial charge on any atom is -0.444 e. The van der Waals surface area contributed by atoms with E-state index in [1.807, 2.05) is 19.9 Å². The topological polar surface area (TPSA) is 52.3 Å². The first-order valence-corrected chi connectivity index (χ1v) is 6.04. The van der Waals surface area contributed by atoms with E-state index in [4.69, 9.17) is 10.5 Å². The first-order valence-electron chi connectivity index (χ1n) is 6.04. The van der Waals surface area contributed by atoms with Crippen LogP contribution in [0.3, 0.4) is 0 Å². The Bertz CT molecular complexity index is 261. The van der Waals surface area contributed by atoms with E-state index >= 15 is 0 Å². The van der Waals surface area contributed by atoms with Crippen molar-refractivity contribution in [1.29, 1.82) is 0 Å². The molecule has 2 N–H and O–H groups in total. The first-order chi connectivity index (χ1) is 7.43. The maximum atomic E-state index is 10.8. The fourth-order valence-electron chi connectivity index (χ4n) is 2.74. The van der Waals surface area contributed by atoms with Crippen molar-refractivity contribution in [3.8, 4) is 0 Å². The van der Waals surface area contributed by atoms with Gasteiger partial charge in [-0.3, -0.25) is 0 Å². The van der Waals surface area contributed by atoms with Crippen molar-refractivity contribution >= 4 is 6.09 Å². The van der Waals surface area contributed by atoms with Gasteiger partial charge in [0.1, 0.15) is 5.60 Å². The predicted molar refractivity (Wildman–Crippen MR) is 65.0 cm³/mol. The molecule has 1 rings (SSSR count). The molecule has 0 aromatic carbocycles. The van der Waals surface area contributed by atoms with Crippen LogP contribution >= 0.6 is 0 Å². The lowest BCUT2D eigenvalue weighted by atomic mass is 9.77. The Balaban J connectivity index is 2.46. The maximum Gasteiger partial charge on any atom is 0.405 e. The van der Waals surface area contributed by atoms with Crippen molar-refractivity contribution in [2.24, 2.45) is 17.6 Å². The molecule has 0 aromatic heterocycles. The lowest BCUT2D eigenvalue weighted by Crippen LogP contribution is -2.34. The molecule has 0 saturated heterocycles. The monoisotopic (exact) mass is 225 g/mol. The van der Waals surface area contributed by atoms with Crippen LogP contribution in [0.15, 0.2) is 12.7 Å². The molecule has 1 aliphatic carbocycles. The average Bonchev–Trinajstić information content (AvgIpc) is 2.15. The Labute approximate surface area is 98.0 Å². The lowest BCUT2D eigenvalue weighted by Gasteiger charge is -2.33. The summed E-state index contributed by atoms with van der Waals surface area (Å²) >= 11 is 0. The molecule has 92 valence electrons. The molecule has 0 aliphatic heterocycles. The fraction of sp³-hybridized carbons (Fsp3) is 0.769. The molecule has 0 bridgehead atoms. The highest BCUT2D eigenvalue weighted by atomic mass is 16.6. The van der Waals surface area contributed by atoms with Crippen molar-refractivity contribution in [2.45, 2.75) is 51.6 Å². The number of allylic oxidation sites excluding steroid dienone is 1. The molecular formula is C13H23NO2. The van der Waals surface area contributed by atoms with Gasteiger partial charge < -0.3 is 10.5 Å². The Morgan fingerprint density at radius 2 is 2.25 bits per heavy atom. The highest BCUT2D eigenvalue weighted by molar-refractivity contribution is 5.65. The highest BCUT2D eigenvalue weighted by Crippen LogP contribution is 2.35. The molecule has 0 spiro atoms. The summed E-state index contributed by atoms with van der Waals surface area (Å²) in [5.74, 6) is 1.24. The largest absolute Gasteiger partial charge is 0.444 e. The summed E-state index contributed by atoms with van der Waals surface area (Å²) in [5.41, 5.74) is 4.61. The summed E-state index contributed by atoms with van der Waals surface area (Å²) in [5, 5.41) is 0. The van der Waals surface area contributed by atoms with Crippen LogP contribution < -0.4 is 5.73 Å². The number of carbonyl (C=O) groups excluding carboxylic acids is 1. The van der Waals surface area contributed by atoms with Crippen molar-refractivity contribution < 1.29 is 9.53 Å². The van der Waals surface area contributed by atoms with Crippen molar-refractivity contribution in [3.63, 3.8) is 0 Å². The quantitative estimate of drug-likeness (QED) is 0.747. The second-order valence-corrected chi connectivity index (χ2v) is 5.41. The molecule has 1 aliphatic rings. The summed E-state index contributed by atoms with van der Waals surface area (Å²) in [7, 11) is 0. The number of carbonyl (C=O) groups is 1. The second-order valence-electron chi connectivity index (χ2n) is 5.41. The van der Waals surface area contributed by atoms with Crippen molar-refractivity contribution in [2.75, 3.05) is 0 Å². The van der Waals surface area contributed by atoms with Crippen LogP contribution in [-0.4, -0.2) is 11.7 Å². The van der Waals surface area contributed by atoms with Gasteiger partial charge in [-0.05, 0) is 44.9 Å². The van der Waals surface area contributed by atoms with Gasteiger partial charge in [0.15, 0.2) is 0 Å². The zero-order valence-corrected chi connectivity index (χ0v) is 10.4.